The molecule has 0 aliphatic heterocycles. The molecule has 5 nitrogen and oxygen atoms in total. The first-order valence-corrected chi connectivity index (χ1v) is 20.3. The molecule has 0 aliphatic carbocycles. The zero-order valence-electron chi connectivity index (χ0n) is 29.7. The van der Waals surface area contributed by atoms with Crippen LogP contribution in [0.3, 0.4) is 0 Å². The number of aromatic nitrogens is 3. The average Bonchev–Trinajstić information content (AvgIpc) is 3.98. The number of rotatable bonds is 3. The molecule has 0 fully saturated rings. The van der Waals surface area contributed by atoms with Crippen LogP contribution in [0, 0.1) is 22.7 Å². The fourth-order valence-corrected chi connectivity index (χ4v) is 11.3. The van der Waals surface area contributed by atoms with Crippen LogP contribution in [0.15, 0.2) is 164 Å². The molecule has 4 aromatic heterocycles. The Balaban J connectivity index is 1.11. The Morgan fingerprint density at radius 1 is 0.321 bits per heavy atom. The predicted molar refractivity (Wildman–Crippen MR) is 231 cm³/mol. The second kappa shape index (κ2) is 11.6. The summed E-state index contributed by atoms with van der Waals surface area (Å²) in [4.78, 5) is 0. The van der Waals surface area contributed by atoms with Crippen LogP contribution in [0.1, 0.15) is 11.1 Å². The summed E-state index contributed by atoms with van der Waals surface area (Å²) in [5, 5.41) is 28.9. The normalized spacial score (nSPS) is 11.9. The molecular formula is C50H27N5Se. The minimum atomic E-state index is 0.176. The van der Waals surface area contributed by atoms with Gasteiger partial charge in [0.15, 0.2) is 0 Å². The second-order valence-corrected chi connectivity index (χ2v) is 16.7. The van der Waals surface area contributed by atoms with E-state index in [1.165, 1.54) is 62.9 Å². The Hall–Kier alpha value is -7.34. The summed E-state index contributed by atoms with van der Waals surface area (Å²) in [6.45, 7) is 0. The quantitative estimate of drug-likeness (QED) is 0.168. The molecule has 0 radical (unpaired) electrons. The number of nitrogens with zero attached hydrogens (tertiary/aromatic N) is 5. The van der Waals surface area contributed by atoms with Gasteiger partial charge in [-0.3, -0.25) is 0 Å². The predicted octanol–water partition coefficient (Wildman–Crippen LogP) is 12.1. The molecule has 0 saturated carbocycles. The molecule has 12 rings (SSSR count). The molecule has 4 heterocycles. The molecule has 0 amide bonds. The Labute approximate surface area is 326 Å². The molecule has 6 heteroatoms. The van der Waals surface area contributed by atoms with Gasteiger partial charge in [-0.25, -0.2) is 0 Å². The maximum absolute atomic E-state index is 9.73. The van der Waals surface area contributed by atoms with Gasteiger partial charge in [0.1, 0.15) is 0 Å². The molecule has 0 bridgehead atoms. The third-order valence-corrected chi connectivity index (χ3v) is 13.9. The Morgan fingerprint density at radius 3 is 1.30 bits per heavy atom. The van der Waals surface area contributed by atoms with Gasteiger partial charge in [0.2, 0.25) is 0 Å². The zero-order chi connectivity index (χ0) is 37.1. The average molecular weight is 777 g/mol. The maximum atomic E-state index is 9.73. The van der Waals surface area contributed by atoms with Crippen molar-refractivity contribution in [2.45, 2.75) is 0 Å². The minimum absolute atomic E-state index is 0.176. The van der Waals surface area contributed by atoms with Crippen molar-refractivity contribution in [3.63, 3.8) is 0 Å². The molecular weight excluding hydrogens is 750 g/mol. The van der Waals surface area contributed by atoms with E-state index in [-0.39, 0.29) is 14.5 Å². The number of benzene rings is 8. The van der Waals surface area contributed by atoms with Crippen LogP contribution in [0.5, 0.6) is 0 Å². The summed E-state index contributed by atoms with van der Waals surface area (Å²) < 4.78 is 9.85. The number of nitriles is 2. The number of hydrogen-bond donors (Lipinski definition) is 0. The van der Waals surface area contributed by atoms with E-state index in [1.54, 1.807) is 0 Å². The van der Waals surface area contributed by atoms with Crippen molar-refractivity contribution in [1.29, 1.82) is 10.5 Å². The first-order valence-electron chi connectivity index (χ1n) is 18.5. The molecule has 0 N–H and O–H groups in total. The first kappa shape index (κ1) is 31.1. The van der Waals surface area contributed by atoms with E-state index < -0.39 is 0 Å². The van der Waals surface area contributed by atoms with Crippen molar-refractivity contribution >= 4 is 99.2 Å². The van der Waals surface area contributed by atoms with E-state index in [9.17, 15) is 10.5 Å². The molecule has 0 unspecified atom stereocenters. The molecule has 0 atom stereocenters. The Bertz CT molecular complexity index is 3660. The summed E-state index contributed by atoms with van der Waals surface area (Å²) in [7, 11) is 0. The van der Waals surface area contributed by atoms with E-state index >= 15 is 0 Å². The van der Waals surface area contributed by atoms with Gasteiger partial charge in [0.25, 0.3) is 0 Å². The summed E-state index contributed by atoms with van der Waals surface area (Å²) in [6, 6.07) is 63.1. The van der Waals surface area contributed by atoms with Crippen LogP contribution in [0.2, 0.25) is 0 Å². The van der Waals surface area contributed by atoms with Crippen LogP contribution >= 0.6 is 0 Å². The second-order valence-electron chi connectivity index (χ2n) is 14.4. The topological polar surface area (TPSA) is 62.4 Å². The summed E-state index contributed by atoms with van der Waals surface area (Å²) in [6.07, 6.45) is 0. The first-order chi connectivity index (χ1) is 27.7. The molecule has 0 saturated heterocycles. The molecule has 258 valence electrons. The molecule has 8 aromatic carbocycles. The van der Waals surface area contributed by atoms with Gasteiger partial charge in [0.05, 0.1) is 0 Å². The van der Waals surface area contributed by atoms with E-state index in [1.807, 2.05) is 36.4 Å². The monoisotopic (exact) mass is 777 g/mol. The van der Waals surface area contributed by atoms with Crippen LogP contribution in [-0.2, 0) is 0 Å². The van der Waals surface area contributed by atoms with E-state index in [2.05, 4.69) is 153 Å². The summed E-state index contributed by atoms with van der Waals surface area (Å²) in [5.41, 5.74) is 11.3. The van der Waals surface area contributed by atoms with Crippen molar-refractivity contribution in [3.05, 3.63) is 175 Å². The summed E-state index contributed by atoms with van der Waals surface area (Å²) >= 11 is 0.176. The van der Waals surface area contributed by atoms with Crippen LogP contribution in [0.25, 0.3) is 102 Å². The van der Waals surface area contributed by atoms with Crippen molar-refractivity contribution in [2.75, 3.05) is 0 Å². The van der Waals surface area contributed by atoms with E-state index in [0.717, 1.165) is 38.9 Å². The van der Waals surface area contributed by atoms with Gasteiger partial charge in [-0.2, -0.15) is 0 Å². The SMILES string of the molecule is N#Cc1ccc2c(c1)c1cc(C#N)ccc1n2-c1ccc2[se]c3ccc(-n4c5ccccc5c5cc6c7ccccc7n(-c7ccccc7)c6cc54)cc3c2c1. The number of hydrogen-bond acceptors (Lipinski definition) is 2. The van der Waals surface area contributed by atoms with Gasteiger partial charge in [-0.15, -0.1) is 0 Å². The van der Waals surface area contributed by atoms with Gasteiger partial charge >= 0.3 is 321 Å². The fourth-order valence-electron chi connectivity index (χ4n) is 9.04. The Morgan fingerprint density at radius 2 is 0.768 bits per heavy atom. The number of para-hydroxylation sites is 3. The third-order valence-electron chi connectivity index (χ3n) is 11.5. The molecule has 0 aliphatic rings. The standard InChI is InChI=1S/C50H27N5Se/c51-28-30-14-18-45-37(22-30)38-23-31(29-52)15-19-46(38)54(45)33-16-20-49-41(24-33)42-25-34(17-21-50(42)56-49)55-44-13-7-5-11-36(44)40-26-39-35-10-4-6-12-43(35)53(47(39)27-48(40)55)32-8-2-1-3-9-32/h1-27H. The Kier molecular flexibility index (Phi) is 6.42. The molecule has 0 spiro atoms. The third kappa shape index (κ3) is 4.29. The van der Waals surface area contributed by atoms with Crippen LogP contribution in [0.4, 0.5) is 0 Å². The molecule has 56 heavy (non-hydrogen) atoms. The van der Waals surface area contributed by atoms with Gasteiger partial charge in [-0.1, -0.05) is 6.07 Å². The van der Waals surface area contributed by atoms with Gasteiger partial charge in [0, 0.05) is 0 Å². The molecule has 12 aromatic rings. The van der Waals surface area contributed by atoms with Gasteiger partial charge < -0.3 is 0 Å². The van der Waals surface area contributed by atoms with Crippen molar-refractivity contribution in [3.8, 4) is 29.2 Å². The number of fused-ring (bicyclic) bond motifs is 12. The summed E-state index contributed by atoms with van der Waals surface area (Å²) in [5.74, 6) is 0. The van der Waals surface area contributed by atoms with E-state index in [0.29, 0.717) is 11.1 Å². The van der Waals surface area contributed by atoms with E-state index in [4.69, 9.17) is 0 Å². The van der Waals surface area contributed by atoms with Crippen LogP contribution < -0.4 is 0 Å². The zero-order valence-corrected chi connectivity index (χ0v) is 31.4. The van der Waals surface area contributed by atoms with Crippen molar-refractivity contribution < 1.29 is 0 Å². The van der Waals surface area contributed by atoms with Crippen molar-refractivity contribution in [1.82, 2.24) is 13.7 Å². The van der Waals surface area contributed by atoms with Crippen molar-refractivity contribution in [2.24, 2.45) is 0 Å². The van der Waals surface area contributed by atoms with Crippen LogP contribution in [-0.4, -0.2) is 28.2 Å². The van der Waals surface area contributed by atoms with Gasteiger partial charge in [-0.05, 0) is 0 Å². The fraction of sp³-hybridized carbons (Fsp3) is 0.